The number of fused-ring (bicyclic) bond motifs is 1. The molecule has 20 heavy (non-hydrogen) atoms. The van der Waals surface area contributed by atoms with Crippen LogP contribution in [0.15, 0.2) is 23.4 Å². The first-order valence-corrected chi connectivity index (χ1v) is 7.53. The summed E-state index contributed by atoms with van der Waals surface area (Å²) in [6.07, 6.45) is 1.22. The summed E-state index contributed by atoms with van der Waals surface area (Å²) in [6.45, 7) is 2.61. The molecule has 1 heterocycles. The number of carbonyl (C=O) groups excluding carboxylic acids is 1. The van der Waals surface area contributed by atoms with Crippen LogP contribution in [0.25, 0.3) is 11.0 Å². The monoisotopic (exact) mass is 294 g/mol. The van der Waals surface area contributed by atoms with Crippen molar-refractivity contribution in [3.05, 3.63) is 18.2 Å². The number of benzene rings is 1. The van der Waals surface area contributed by atoms with Crippen LogP contribution in [0.3, 0.4) is 0 Å². The highest BCUT2D eigenvalue weighted by molar-refractivity contribution is 7.99. The van der Waals surface area contributed by atoms with Crippen molar-refractivity contribution in [2.24, 2.45) is 0 Å². The molecule has 0 spiro atoms. The quantitative estimate of drug-likeness (QED) is 0.483. The Bertz CT molecular complexity index is 583. The van der Waals surface area contributed by atoms with Gasteiger partial charge in [-0.1, -0.05) is 11.8 Å². The van der Waals surface area contributed by atoms with E-state index in [0.717, 1.165) is 34.1 Å². The van der Waals surface area contributed by atoms with Gasteiger partial charge in [0.05, 0.1) is 24.8 Å². The van der Waals surface area contributed by atoms with Crippen LogP contribution < -0.4 is 4.74 Å². The van der Waals surface area contributed by atoms with Gasteiger partial charge in [-0.3, -0.25) is 4.79 Å². The molecule has 5 nitrogen and oxygen atoms in total. The molecule has 0 bridgehead atoms. The van der Waals surface area contributed by atoms with Crippen molar-refractivity contribution < 1.29 is 14.3 Å². The zero-order chi connectivity index (χ0) is 14.4. The van der Waals surface area contributed by atoms with Crippen LogP contribution >= 0.6 is 11.8 Å². The molecule has 0 saturated heterocycles. The third-order valence-electron chi connectivity index (χ3n) is 2.73. The van der Waals surface area contributed by atoms with Crippen molar-refractivity contribution in [2.75, 3.05) is 19.5 Å². The minimum Gasteiger partial charge on any atom is -0.494 e. The predicted octanol–water partition coefficient (Wildman–Crippen LogP) is 3.01. The predicted molar refractivity (Wildman–Crippen MR) is 79.2 cm³/mol. The molecule has 0 radical (unpaired) electrons. The molecule has 1 aromatic carbocycles. The zero-order valence-electron chi connectivity index (χ0n) is 11.6. The number of aromatic amines is 1. The van der Waals surface area contributed by atoms with Gasteiger partial charge in [-0.15, -0.1) is 0 Å². The van der Waals surface area contributed by atoms with Gasteiger partial charge in [0.1, 0.15) is 5.75 Å². The van der Waals surface area contributed by atoms with Crippen LogP contribution in [0.1, 0.15) is 19.8 Å². The Morgan fingerprint density at radius 2 is 2.30 bits per heavy atom. The SMILES string of the molecule is CCOc1ccc2nc(SCCCC(=O)OC)[nH]c2c1. The van der Waals surface area contributed by atoms with Gasteiger partial charge >= 0.3 is 5.97 Å². The number of thioether (sulfide) groups is 1. The Morgan fingerprint density at radius 3 is 3.05 bits per heavy atom. The third-order valence-corrected chi connectivity index (χ3v) is 3.69. The molecular formula is C14H18N2O3S. The molecule has 1 N–H and O–H groups in total. The van der Waals surface area contributed by atoms with Crippen molar-refractivity contribution in [3.63, 3.8) is 0 Å². The van der Waals surface area contributed by atoms with E-state index in [1.165, 1.54) is 7.11 Å². The van der Waals surface area contributed by atoms with E-state index in [1.54, 1.807) is 11.8 Å². The van der Waals surface area contributed by atoms with E-state index in [-0.39, 0.29) is 5.97 Å². The molecule has 0 saturated carbocycles. The molecule has 0 aliphatic heterocycles. The van der Waals surface area contributed by atoms with E-state index in [4.69, 9.17) is 4.74 Å². The number of H-pyrrole nitrogens is 1. The average molecular weight is 294 g/mol. The molecule has 0 fully saturated rings. The number of ether oxygens (including phenoxy) is 2. The van der Waals surface area contributed by atoms with E-state index < -0.39 is 0 Å². The van der Waals surface area contributed by atoms with E-state index in [1.807, 2.05) is 25.1 Å². The molecule has 108 valence electrons. The van der Waals surface area contributed by atoms with Crippen LogP contribution in [-0.2, 0) is 9.53 Å². The van der Waals surface area contributed by atoms with Crippen LogP contribution in [0, 0.1) is 0 Å². The summed E-state index contributed by atoms with van der Waals surface area (Å²) in [7, 11) is 1.41. The topological polar surface area (TPSA) is 64.2 Å². The summed E-state index contributed by atoms with van der Waals surface area (Å²) < 4.78 is 10.1. The second-order valence-corrected chi connectivity index (χ2v) is 5.27. The molecule has 0 amide bonds. The highest BCUT2D eigenvalue weighted by Crippen LogP contribution is 2.23. The highest BCUT2D eigenvalue weighted by Gasteiger charge is 2.06. The minimum atomic E-state index is -0.170. The summed E-state index contributed by atoms with van der Waals surface area (Å²) in [4.78, 5) is 18.7. The first kappa shape index (κ1) is 14.7. The minimum absolute atomic E-state index is 0.170. The average Bonchev–Trinajstić information content (AvgIpc) is 2.85. The Balaban J connectivity index is 1.92. The first-order chi connectivity index (χ1) is 9.72. The van der Waals surface area contributed by atoms with Gasteiger partial charge in [0.25, 0.3) is 0 Å². The largest absolute Gasteiger partial charge is 0.494 e. The summed E-state index contributed by atoms with van der Waals surface area (Å²) >= 11 is 1.60. The molecule has 0 unspecified atom stereocenters. The number of aromatic nitrogens is 2. The smallest absolute Gasteiger partial charge is 0.305 e. The first-order valence-electron chi connectivity index (χ1n) is 6.55. The molecule has 0 aliphatic rings. The van der Waals surface area contributed by atoms with Gasteiger partial charge in [-0.25, -0.2) is 4.98 Å². The van der Waals surface area contributed by atoms with Crippen LogP contribution in [-0.4, -0.2) is 35.4 Å². The summed E-state index contributed by atoms with van der Waals surface area (Å²) in [5.41, 5.74) is 1.88. The van der Waals surface area contributed by atoms with Crippen molar-refractivity contribution in [3.8, 4) is 5.75 Å². The van der Waals surface area contributed by atoms with Crippen LogP contribution in [0.2, 0.25) is 0 Å². The van der Waals surface area contributed by atoms with Crippen LogP contribution in [0.5, 0.6) is 5.75 Å². The number of nitrogens with zero attached hydrogens (tertiary/aromatic N) is 1. The number of hydrogen-bond donors (Lipinski definition) is 1. The molecule has 1 aromatic heterocycles. The molecular weight excluding hydrogens is 276 g/mol. The number of hydrogen-bond acceptors (Lipinski definition) is 5. The Morgan fingerprint density at radius 1 is 1.45 bits per heavy atom. The van der Waals surface area contributed by atoms with E-state index in [2.05, 4.69) is 14.7 Å². The number of methoxy groups -OCH3 is 1. The fourth-order valence-electron chi connectivity index (χ4n) is 1.78. The second-order valence-electron chi connectivity index (χ2n) is 4.18. The van der Waals surface area contributed by atoms with Crippen molar-refractivity contribution >= 4 is 28.8 Å². The maximum absolute atomic E-state index is 11.0. The highest BCUT2D eigenvalue weighted by atomic mass is 32.2. The Kier molecular flexibility index (Phi) is 5.29. The lowest BCUT2D eigenvalue weighted by Gasteiger charge is -2.00. The van der Waals surface area contributed by atoms with Gasteiger partial charge in [-0.05, 0) is 25.5 Å². The molecule has 6 heteroatoms. The van der Waals surface area contributed by atoms with Gasteiger partial charge < -0.3 is 14.5 Å². The van der Waals surface area contributed by atoms with Gasteiger partial charge in [-0.2, -0.15) is 0 Å². The lowest BCUT2D eigenvalue weighted by atomic mass is 10.3. The van der Waals surface area contributed by atoms with Crippen molar-refractivity contribution in [1.82, 2.24) is 9.97 Å². The van der Waals surface area contributed by atoms with E-state index in [9.17, 15) is 4.79 Å². The summed E-state index contributed by atoms with van der Waals surface area (Å²) in [5, 5.41) is 0.860. The van der Waals surface area contributed by atoms with Gasteiger partial charge in [0, 0.05) is 18.2 Å². The lowest BCUT2D eigenvalue weighted by molar-refractivity contribution is -0.140. The summed E-state index contributed by atoms with van der Waals surface area (Å²) in [5.74, 6) is 1.50. The molecule has 2 rings (SSSR count). The molecule has 0 atom stereocenters. The Labute approximate surface area is 122 Å². The summed E-state index contributed by atoms with van der Waals surface area (Å²) in [6, 6.07) is 5.80. The standard InChI is InChI=1S/C14H18N2O3S/c1-3-19-10-6-7-11-12(9-10)16-14(15-11)20-8-4-5-13(17)18-2/h6-7,9H,3-5,8H2,1-2H3,(H,15,16). The van der Waals surface area contributed by atoms with Gasteiger partial charge in [0.15, 0.2) is 5.16 Å². The van der Waals surface area contributed by atoms with Crippen LogP contribution in [0.4, 0.5) is 0 Å². The van der Waals surface area contributed by atoms with E-state index >= 15 is 0 Å². The fourth-order valence-corrected chi connectivity index (χ4v) is 2.60. The maximum atomic E-state index is 11.0. The lowest BCUT2D eigenvalue weighted by Crippen LogP contribution is -2.00. The maximum Gasteiger partial charge on any atom is 0.305 e. The normalized spacial score (nSPS) is 10.7. The number of rotatable bonds is 7. The number of imidazole rings is 1. The van der Waals surface area contributed by atoms with Crippen molar-refractivity contribution in [2.45, 2.75) is 24.9 Å². The molecule has 2 aromatic rings. The number of nitrogens with one attached hydrogen (secondary N) is 1. The Hall–Kier alpha value is -1.69. The number of carbonyl (C=O) groups is 1. The zero-order valence-corrected chi connectivity index (χ0v) is 12.5. The van der Waals surface area contributed by atoms with Crippen molar-refractivity contribution in [1.29, 1.82) is 0 Å². The third kappa shape index (κ3) is 3.90. The molecule has 0 aliphatic carbocycles. The fraction of sp³-hybridized carbons (Fsp3) is 0.429. The van der Waals surface area contributed by atoms with Gasteiger partial charge in [0.2, 0.25) is 0 Å². The second kappa shape index (κ2) is 7.19. The number of esters is 1. The van der Waals surface area contributed by atoms with E-state index in [0.29, 0.717) is 13.0 Å².